The summed E-state index contributed by atoms with van der Waals surface area (Å²) in [7, 11) is 0. The van der Waals surface area contributed by atoms with Crippen molar-refractivity contribution < 1.29 is 14.4 Å². The Hall–Kier alpha value is -2.57. The van der Waals surface area contributed by atoms with Gasteiger partial charge in [-0.05, 0) is 37.3 Å². The van der Waals surface area contributed by atoms with Crippen LogP contribution < -0.4 is 10.2 Å². The SMILES string of the molecule is Cc1ccccc1N1CCN(C(=O)CN2C(=O)N[C@]3(CCCC[C@H]3C)C2=O)CC1. The van der Waals surface area contributed by atoms with E-state index in [1.165, 1.54) is 11.3 Å². The molecule has 7 nitrogen and oxygen atoms in total. The molecular weight excluding hydrogens is 368 g/mol. The van der Waals surface area contributed by atoms with Gasteiger partial charge in [-0.1, -0.05) is 38.0 Å². The van der Waals surface area contributed by atoms with Crippen LogP contribution in [0.1, 0.15) is 38.2 Å². The molecule has 2 atom stereocenters. The van der Waals surface area contributed by atoms with Crippen LogP contribution in [0, 0.1) is 12.8 Å². The van der Waals surface area contributed by atoms with Crippen LogP contribution in [-0.4, -0.2) is 65.9 Å². The molecule has 1 aliphatic carbocycles. The molecule has 7 heteroatoms. The third kappa shape index (κ3) is 3.47. The Labute approximate surface area is 172 Å². The lowest BCUT2D eigenvalue weighted by molar-refractivity contribution is -0.140. The van der Waals surface area contributed by atoms with Crippen LogP contribution in [0.2, 0.25) is 0 Å². The van der Waals surface area contributed by atoms with Crippen molar-refractivity contribution in [3.05, 3.63) is 29.8 Å². The number of piperazine rings is 1. The average molecular weight is 399 g/mol. The molecule has 2 saturated heterocycles. The standard InChI is InChI=1S/C22H30N4O3/c1-16-7-3-4-9-18(16)24-11-13-25(14-12-24)19(27)15-26-20(28)22(23-21(26)29)10-6-5-8-17(22)2/h3-4,7,9,17H,5-6,8,10-15H2,1-2H3,(H,23,29)/t17-,22+/m1/s1. The minimum Gasteiger partial charge on any atom is -0.368 e. The largest absolute Gasteiger partial charge is 0.368 e. The smallest absolute Gasteiger partial charge is 0.325 e. The summed E-state index contributed by atoms with van der Waals surface area (Å²) in [6.07, 6.45) is 3.60. The molecule has 1 spiro atoms. The lowest BCUT2D eigenvalue weighted by Gasteiger charge is -2.38. The van der Waals surface area contributed by atoms with Crippen molar-refractivity contribution >= 4 is 23.5 Å². The number of urea groups is 1. The second-order valence-corrected chi connectivity index (χ2v) is 8.59. The molecule has 3 fully saturated rings. The van der Waals surface area contributed by atoms with Crippen molar-refractivity contribution in [1.29, 1.82) is 0 Å². The Morgan fingerprint density at radius 1 is 1.14 bits per heavy atom. The van der Waals surface area contributed by atoms with Crippen LogP contribution in [0.3, 0.4) is 0 Å². The van der Waals surface area contributed by atoms with Crippen molar-refractivity contribution in [2.75, 3.05) is 37.6 Å². The first kappa shape index (κ1) is 19.7. The summed E-state index contributed by atoms with van der Waals surface area (Å²) in [6, 6.07) is 7.82. The number of nitrogens with zero attached hydrogens (tertiary/aromatic N) is 3. The zero-order valence-corrected chi connectivity index (χ0v) is 17.3. The highest BCUT2D eigenvalue weighted by molar-refractivity contribution is 6.09. The molecule has 2 heterocycles. The van der Waals surface area contributed by atoms with Crippen molar-refractivity contribution in [2.24, 2.45) is 5.92 Å². The van der Waals surface area contributed by atoms with E-state index in [2.05, 4.69) is 29.3 Å². The van der Waals surface area contributed by atoms with Gasteiger partial charge in [0.1, 0.15) is 12.1 Å². The van der Waals surface area contributed by atoms with Crippen molar-refractivity contribution in [1.82, 2.24) is 15.1 Å². The first-order valence-corrected chi connectivity index (χ1v) is 10.6. The number of carbonyl (C=O) groups is 3. The zero-order valence-electron chi connectivity index (χ0n) is 17.3. The van der Waals surface area contributed by atoms with Gasteiger partial charge in [0.05, 0.1) is 0 Å². The minimum atomic E-state index is -0.806. The van der Waals surface area contributed by atoms with Crippen LogP contribution in [0.4, 0.5) is 10.5 Å². The van der Waals surface area contributed by atoms with E-state index in [0.717, 1.165) is 37.3 Å². The van der Waals surface area contributed by atoms with Gasteiger partial charge in [0.25, 0.3) is 5.91 Å². The molecule has 4 rings (SSSR count). The highest BCUT2D eigenvalue weighted by Gasteiger charge is 2.55. The number of aryl methyl sites for hydroxylation is 1. The van der Waals surface area contributed by atoms with Gasteiger partial charge in [-0.25, -0.2) is 4.79 Å². The molecule has 1 N–H and O–H groups in total. The van der Waals surface area contributed by atoms with E-state index in [1.54, 1.807) is 4.90 Å². The molecule has 3 aliphatic rings. The van der Waals surface area contributed by atoms with Crippen LogP contribution in [-0.2, 0) is 9.59 Å². The number of nitrogens with one attached hydrogen (secondary N) is 1. The van der Waals surface area contributed by atoms with E-state index < -0.39 is 11.6 Å². The quantitative estimate of drug-likeness (QED) is 0.792. The van der Waals surface area contributed by atoms with E-state index in [9.17, 15) is 14.4 Å². The summed E-state index contributed by atoms with van der Waals surface area (Å²) in [5, 5.41) is 2.92. The second-order valence-electron chi connectivity index (χ2n) is 8.59. The molecule has 2 aliphatic heterocycles. The zero-order chi connectivity index (χ0) is 20.6. The molecule has 0 unspecified atom stereocenters. The molecule has 29 heavy (non-hydrogen) atoms. The second kappa shape index (κ2) is 7.69. The van der Waals surface area contributed by atoms with Gasteiger partial charge in [-0.3, -0.25) is 14.5 Å². The number of hydrogen-bond acceptors (Lipinski definition) is 4. The summed E-state index contributed by atoms with van der Waals surface area (Å²) in [5.41, 5.74) is 1.61. The van der Waals surface area contributed by atoms with Gasteiger partial charge < -0.3 is 15.1 Å². The molecule has 4 amide bonds. The normalized spacial score (nSPS) is 27.5. The Morgan fingerprint density at radius 2 is 1.86 bits per heavy atom. The summed E-state index contributed by atoms with van der Waals surface area (Å²) in [5.74, 6) is -0.273. The molecule has 0 radical (unpaired) electrons. The van der Waals surface area contributed by atoms with Crippen LogP contribution in [0.15, 0.2) is 24.3 Å². The van der Waals surface area contributed by atoms with E-state index in [4.69, 9.17) is 0 Å². The van der Waals surface area contributed by atoms with Gasteiger partial charge in [0, 0.05) is 31.9 Å². The number of benzene rings is 1. The predicted molar refractivity (Wildman–Crippen MR) is 111 cm³/mol. The third-order valence-electron chi connectivity index (χ3n) is 6.88. The van der Waals surface area contributed by atoms with E-state index in [1.807, 2.05) is 19.1 Å². The fraction of sp³-hybridized carbons (Fsp3) is 0.591. The van der Waals surface area contributed by atoms with Gasteiger partial charge >= 0.3 is 6.03 Å². The summed E-state index contributed by atoms with van der Waals surface area (Å²) < 4.78 is 0. The highest BCUT2D eigenvalue weighted by Crippen LogP contribution is 2.38. The molecule has 0 aromatic heterocycles. The fourth-order valence-electron chi connectivity index (χ4n) is 4.99. The maximum absolute atomic E-state index is 13.1. The molecule has 1 saturated carbocycles. The number of hydrogen-bond donors (Lipinski definition) is 1. The number of rotatable bonds is 3. The summed E-state index contributed by atoms with van der Waals surface area (Å²) in [4.78, 5) is 43.6. The van der Waals surface area contributed by atoms with Crippen LogP contribution >= 0.6 is 0 Å². The van der Waals surface area contributed by atoms with E-state index in [-0.39, 0.29) is 24.3 Å². The lowest BCUT2D eigenvalue weighted by Crippen LogP contribution is -2.55. The van der Waals surface area contributed by atoms with Gasteiger partial charge in [0.15, 0.2) is 0 Å². The summed E-state index contributed by atoms with van der Waals surface area (Å²) in [6.45, 7) is 6.63. The molecular formula is C22H30N4O3. The van der Waals surface area contributed by atoms with E-state index in [0.29, 0.717) is 19.5 Å². The van der Waals surface area contributed by atoms with Crippen molar-refractivity contribution in [3.63, 3.8) is 0 Å². The fourth-order valence-corrected chi connectivity index (χ4v) is 4.99. The summed E-state index contributed by atoms with van der Waals surface area (Å²) >= 11 is 0. The van der Waals surface area contributed by atoms with E-state index >= 15 is 0 Å². The Bertz CT molecular complexity index is 818. The monoisotopic (exact) mass is 398 g/mol. The topological polar surface area (TPSA) is 73.0 Å². The Kier molecular flexibility index (Phi) is 5.23. The predicted octanol–water partition coefficient (Wildman–Crippen LogP) is 2.14. The number of anilines is 1. The maximum atomic E-state index is 13.1. The van der Waals surface area contributed by atoms with Crippen molar-refractivity contribution in [2.45, 2.75) is 45.1 Å². The highest BCUT2D eigenvalue weighted by atomic mass is 16.2. The number of carbonyl (C=O) groups excluding carboxylic acids is 3. The van der Waals surface area contributed by atoms with Gasteiger partial charge in [-0.15, -0.1) is 0 Å². The first-order valence-electron chi connectivity index (χ1n) is 10.6. The van der Waals surface area contributed by atoms with Gasteiger partial charge in [0.2, 0.25) is 5.91 Å². The lowest BCUT2D eigenvalue weighted by atomic mass is 9.73. The Balaban J connectivity index is 1.37. The molecule has 1 aromatic carbocycles. The number of imide groups is 1. The third-order valence-corrected chi connectivity index (χ3v) is 6.88. The molecule has 156 valence electrons. The molecule has 1 aromatic rings. The first-order chi connectivity index (χ1) is 13.9. The van der Waals surface area contributed by atoms with Crippen LogP contribution in [0.5, 0.6) is 0 Å². The Morgan fingerprint density at radius 3 is 2.55 bits per heavy atom. The maximum Gasteiger partial charge on any atom is 0.325 e. The van der Waals surface area contributed by atoms with Gasteiger partial charge in [-0.2, -0.15) is 0 Å². The average Bonchev–Trinajstić information content (AvgIpc) is 2.96. The number of para-hydroxylation sites is 1. The minimum absolute atomic E-state index is 0.102. The van der Waals surface area contributed by atoms with Crippen molar-refractivity contribution in [3.8, 4) is 0 Å². The van der Waals surface area contributed by atoms with Crippen LogP contribution in [0.25, 0.3) is 0 Å². The number of amides is 4. The molecule has 0 bridgehead atoms.